The standard InChI is InChI=1S/C47H90N2O5/c1-6-9-12-15-17-18-19-20-21-22-23-24-25-26-28-33-40-48-46(51)44(54-45(50)39-35-41-49(4)5)38-32-29-34-42-53-47(52)43(36-30-14-11-8-3)37-31-27-16-13-10-7-2/h20-21,43-44H,6-19,22-42H2,1-5H3,(H,48,51)/b21-20-. The van der Waals surface area contributed by atoms with Crippen molar-refractivity contribution in [3.63, 3.8) is 0 Å². The second-order valence-corrected chi connectivity index (χ2v) is 16.2. The summed E-state index contributed by atoms with van der Waals surface area (Å²) in [4.78, 5) is 40.8. The van der Waals surface area contributed by atoms with Crippen LogP contribution in [-0.4, -0.2) is 62.6 Å². The first-order chi connectivity index (χ1) is 26.3. The van der Waals surface area contributed by atoms with Gasteiger partial charge in [0.25, 0.3) is 5.91 Å². The van der Waals surface area contributed by atoms with Crippen LogP contribution in [0.25, 0.3) is 0 Å². The van der Waals surface area contributed by atoms with Crippen molar-refractivity contribution in [2.45, 2.75) is 232 Å². The van der Waals surface area contributed by atoms with Crippen molar-refractivity contribution in [3.05, 3.63) is 12.2 Å². The van der Waals surface area contributed by atoms with Gasteiger partial charge in [-0.2, -0.15) is 0 Å². The Morgan fingerprint density at radius 1 is 0.556 bits per heavy atom. The molecule has 2 unspecified atom stereocenters. The molecule has 0 fully saturated rings. The van der Waals surface area contributed by atoms with Crippen LogP contribution in [0.2, 0.25) is 0 Å². The highest BCUT2D eigenvalue weighted by Crippen LogP contribution is 2.21. The molecule has 7 nitrogen and oxygen atoms in total. The predicted molar refractivity (Wildman–Crippen MR) is 230 cm³/mol. The molecule has 0 aromatic carbocycles. The summed E-state index contributed by atoms with van der Waals surface area (Å²) in [7, 11) is 3.97. The number of nitrogens with zero attached hydrogens (tertiary/aromatic N) is 1. The van der Waals surface area contributed by atoms with E-state index in [4.69, 9.17) is 9.47 Å². The lowest BCUT2D eigenvalue weighted by Crippen LogP contribution is -2.38. The molecule has 1 N–H and O–H groups in total. The highest BCUT2D eigenvalue weighted by molar-refractivity contribution is 5.83. The molecule has 0 bridgehead atoms. The Bertz CT molecular complexity index is 876. The maximum Gasteiger partial charge on any atom is 0.308 e. The number of ether oxygens (including phenoxy) is 2. The molecule has 0 rings (SSSR count). The van der Waals surface area contributed by atoms with Crippen molar-refractivity contribution in [2.75, 3.05) is 33.8 Å². The van der Waals surface area contributed by atoms with E-state index >= 15 is 0 Å². The Kier molecular flexibility index (Phi) is 39.3. The fraction of sp³-hybridized carbons (Fsp3) is 0.894. The summed E-state index contributed by atoms with van der Waals surface area (Å²) in [6.07, 6.45) is 39.3. The van der Waals surface area contributed by atoms with Gasteiger partial charge in [0, 0.05) is 13.0 Å². The summed E-state index contributed by atoms with van der Waals surface area (Å²) in [5.74, 6) is -0.510. The largest absolute Gasteiger partial charge is 0.465 e. The monoisotopic (exact) mass is 763 g/mol. The number of esters is 2. The number of carbonyl (C=O) groups is 3. The van der Waals surface area contributed by atoms with E-state index in [1.54, 1.807) is 0 Å². The van der Waals surface area contributed by atoms with Gasteiger partial charge in [-0.15, -0.1) is 0 Å². The van der Waals surface area contributed by atoms with E-state index in [2.05, 4.69) is 38.2 Å². The SMILES string of the molecule is CCCCCCCC/C=C\CCCCCCCCNC(=O)C(CCCCCOC(=O)C(CCCCCC)CCCCCCCC)OC(=O)CCCN(C)C. The molecule has 0 aliphatic carbocycles. The molecule has 0 spiro atoms. The van der Waals surface area contributed by atoms with E-state index in [0.717, 1.165) is 64.3 Å². The van der Waals surface area contributed by atoms with E-state index in [9.17, 15) is 14.4 Å². The van der Waals surface area contributed by atoms with Crippen LogP contribution < -0.4 is 5.32 Å². The molecule has 1 amide bonds. The number of amides is 1. The molecule has 2 atom stereocenters. The van der Waals surface area contributed by atoms with Crippen LogP contribution in [0, 0.1) is 5.92 Å². The molecule has 0 radical (unpaired) electrons. The fourth-order valence-corrected chi connectivity index (χ4v) is 6.97. The van der Waals surface area contributed by atoms with Crippen molar-refractivity contribution < 1.29 is 23.9 Å². The van der Waals surface area contributed by atoms with Gasteiger partial charge in [0.15, 0.2) is 6.10 Å². The summed E-state index contributed by atoms with van der Waals surface area (Å²) < 4.78 is 11.5. The van der Waals surface area contributed by atoms with E-state index < -0.39 is 6.10 Å². The summed E-state index contributed by atoms with van der Waals surface area (Å²) in [6, 6.07) is 0. The molecule has 0 heterocycles. The van der Waals surface area contributed by atoms with E-state index in [1.165, 1.54) is 128 Å². The molecule has 54 heavy (non-hydrogen) atoms. The molecule has 0 aromatic heterocycles. The van der Waals surface area contributed by atoms with Crippen molar-refractivity contribution in [1.82, 2.24) is 10.2 Å². The van der Waals surface area contributed by atoms with E-state index in [-0.39, 0.29) is 23.8 Å². The second-order valence-electron chi connectivity index (χ2n) is 16.2. The molecule has 0 saturated carbocycles. The van der Waals surface area contributed by atoms with Gasteiger partial charge >= 0.3 is 11.9 Å². The van der Waals surface area contributed by atoms with Gasteiger partial charge in [-0.1, -0.05) is 155 Å². The lowest BCUT2D eigenvalue weighted by Gasteiger charge is -2.18. The van der Waals surface area contributed by atoms with Crippen LogP contribution >= 0.6 is 0 Å². The average molecular weight is 763 g/mol. The quantitative estimate of drug-likeness (QED) is 0.0379. The van der Waals surface area contributed by atoms with Crippen LogP contribution in [0.4, 0.5) is 0 Å². The minimum absolute atomic E-state index is 0.0137. The topological polar surface area (TPSA) is 84.9 Å². The lowest BCUT2D eigenvalue weighted by atomic mass is 9.94. The van der Waals surface area contributed by atoms with Gasteiger partial charge in [0.05, 0.1) is 12.5 Å². The van der Waals surface area contributed by atoms with Crippen molar-refractivity contribution >= 4 is 17.8 Å². The number of allylic oxidation sites excluding steroid dienone is 2. The van der Waals surface area contributed by atoms with Gasteiger partial charge in [0.1, 0.15) is 0 Å². The number of hydrogen-bond donors (Lipinski definition) is 1. The molecular formula is C47H90N2O5. The summed E-state index contributed by atoms with van der Waals surface area (Å²) >= 11 is 0. The minimum atomic E-state index is -0.765. The zero-order chi connectivity index (χ0) is 39.7. The van der Waals surface area contributed by atoms with Gasteiger partial charge < -0.3 is 19.7 Å². The highest BCUT2D eigenvalue weighted by Gasteiger charge is 2.23. The van der Waals surface area contributed by atoms with Gasteiger partial charge in [-0.3, -0.25) is 14.4 Å². The van der Waals surface area contributed by atoms with Crippen LogP contribution in [-0.2, 0) is 23.9 Å². The second kappa shape index (κ2) is 40.8. The third kappa shape index (κ3) is 35.8. The molecule has 0 aliphatic heterocycles. The third-order valence-electron chi connectivity index (χ3n) is 10.5. The zero-order valence-electron chi connectivity index (χ0n) is 36.5. The van der Waals surface area contributed by atoms with Crippen LogP contribution in [0.15, 0.2) is 12.2 Å². The van der Waals surface area contributed by atoms with Crippen molar-refractivity contribution in [1.29, 1.82) is 0 Å². The summed E-state index contributed by atoms with van der Waals surface area (Å²) in [6.45, 7) is 8.56. The minimum Gasteiger partial charge on any atom is -0.465 e. The highest BCUT2D eigenvalue weighted by atomic mass is 16.5. The number of unbranched alkanes of at least 4 members (excludes halogenated alkanes) is 22. The Balaban J connectivity index is 4.47. The number of nitrogens with one attached hydrogen (secondary N) is 1. The maximum absolute atomic E-state index is 13.1. The van der Waals surface area contributed by atoms with Gasteiger partial charge in [0.2, 0.25) is 0 Å². The molecule has 0 aromatic rings. The predicted octanol–water partition coefficient (Wildman–Crippen LogP) is 12.8. The normalized spacial score (nSPS) is 12.7. The first kappa shape index (κ1) is 52.1. The maximum atomic E-state index is 13.1. The fourth-order valence-electron chi connectivity index (χ4n) is 6.97. The van der Waals surface area contributed by atoms with Crippen LogP contribution in [0.3, 0.4) is 0 Å². The number of rotatable bonds is 41. The van der Waals surface area contributed by atoms with E-state index in [0.29, 0.717) is 32.4 Å². The Morgan fingerprint density at radius 3 is 1.57 bits per heavy atom. The number of carbonyl (C=O) groups excluding carboxylic acids is 3. The Morgan fingerprint density at radius 2 is 1.02 bits per heavy atom. The molecule has 0 aliphatic rings. The lowest BCUT2D eigenvalue weighted by molar-refractivity contribution is -0.156. The first-order valence-electron chi connectivity index (χ1n) is 23.3. The van der Waals surface area contributed by atoms with Crippen molar-refractivity contribution in [2.24, 2.45) is 5.92 Å². The van der Waals surface area contributed by atoms with Gasteiger partial charge in [-0.05, 0) is 97.7 Å². The smallest absolute Gasteiger partial charge is 0.308 e. The summed E-state index contributed by atoms with van der Waals surface area (Å²) in [5.41, 5.74) is 0. The Labute approximate surface area is 335 Å². The molecule has 0 saturated heterocycles. The summed E-state index contributed by atoms with van der Waals surface area (Å²) in [5, 5.41) is 3.04. The third-order valence-corrected chi connectivity index (χ3v) is 10.5. The van der Waals surface area contributed by atoms with Crippen LogP contribution in [0.1, 0.15) is 226 Å². The van der Waals surface area contributed by atoms with Crippen LogP contribution in [0.5, 0.6) is 0 Å². The zero-order valence-corrected chi connectivity index (χ0v) is 36.5. The van der Waals surface area contributed by atoms with Gasteiger partial charge in [-0.25, -0.2) is 0 Å². The average Bonchev–Trinajstić information content (AvgIpc) is 3.15. The number of hydrogen-bond acceptors (Lipinski definition) is 6. The molecular weight excluding hydrogens is 673 g/mol. The first-order valence-corrected chi connectivity index (χ1v) is 23.3. The van der Waals surface area contributed by atoms with Crippen molar-refractivity contribution in [3.8, 4) is 0 Å². The molecule has 7 heteroatoms. The van der Waals surface area contributed by atoms with E-state index in [1.807, 2.05) is 19.0 Å². The Hall–Kier alpha value is -1.89. The molecule has 318 valence electrons.